The third-order valence-corrected chi connectivity index (χ3v) is 2.46. The van der Waals surface area contributed by atoms with E-state index in [9.17, 15) is 4.79 Å². The summed E-state index contributed by atoms with van der Waals surface area (Å²) < 4.78 is 0. The van der Waals surface area contributed by atoms with Crippen molar-refractivity contribution in [1.82, 2.24) is 15.2 Å². The number of hydrogen-bond acceptors (Lipinski definition) is 2. The minimum atomic E-state index is -0.979. The number of benzene rings is 1. The van der Waals surface area contributed by atoms with Crippen LogP contribution in [0.25, 0.3) is 21.8 Å². The lowest BCUT2D eigenvalue weighted by atomic mass is 10.1. The number of nitrogens with one attached hydrogen (secondary N) is 2. The van der Waals surface area contributed by atoms with E-state index < -0.39 is 5.97 Å². The van der Waals surface area contributed by atoms with E-state index in [0.29, 0.717) is 5.39 Å². The van der Waals surface area contributed by atoms with E-state index >= 15 is 0 Å². The summed E-state index contributed by atoms with van der Waals surface area (Å²) >= 11 is 0. The molecule has 0 fully saturated rings. The average Bonchev–Trinajstić information content (AvgIpc) is 2.82. The van der Waals surface area contributed by atoms with Crippen LogP contribution >= 0.6 is 0 Å². The van der Waals surface area contributed by atoms with E-state index in [1.165, 1.54) is 0 Å². The Hall–Kier alpha value is -2.30. The van der Waals surface area contributed by atoms with Crippen LogP contribution in [0.2, 0.25) is 0 Å². The van der Waals surface area contributed by atoms with Crippen LogP contribution < -0.4 is 0 Å². The molecule has 5 nitrogen and oxygen atoms in total. The zero-order valence-electron chi connectivity index (χ0n) is 7.61. The lowest BCUT2D eigenvalue weighted by molar-refractivity contribution is 0.0692. The highest BCUT2D eigenvalue weighted by Gasteiger charge is 2.13. The number of aromatic amines is 2. The van der Waals surface area contributed by atoms with E-state index in [4.69, 9.17) is 5.11 Å². The summed E-state index contributed by atoms with van der Waals surface area (Å²) in [4.78, 5) is 15.1. The summed E-state index contributed by atoms with van der Waals surface area (Å²) in [7, 11) is 0. The molecule has 0 saturated heterocycles. The summed E-state index contributed by atoms with van der Waals surface area (Å²) in [5, 5.41) is 16.0. The second-order valence-electron chi connectivity index (χ2n) is 3.30. The SMILES string of the molecule is O=C(O)c1[nH][nH]c2c1ccc1ccnc12. The van der Waals surface area contributed by atoms with E-state index in [0.717, 1.165) is 16.4 Å². The van der Waals surface area contributed by atoms with Crippen molar-refractivity contribution in [3.63, 3.8) is 0 Å². The molecule has 5 heteroatoms. The van der Waals surface area contributed by atoms with E-state index in [1.807, 2.05) is 12.1 Å². The number of hydrogen-bond donors (Lipinski definition) is 3. The maximum absolute atomic E-state index is 10.9. The van der Waals surface area contributed by atoms with Crippen LogP contribution in [0.3, 0.4) is 0 Å². The lowest BCUT2D eigenvalue weighted by Gasteiger charge is -1.92. The van der Waals surface area contributed by atoms with Crippen LogP contribution in [0, 0.1) is 0 Å². The van der Waals surface area contributed by atoms with E-state index in [2.05, 4.69) is 15.2 Å². The van der Waals surface area contributed by atoms with Gasteiger partial charge in [-0.2, -0.15) is 0 Å². The number of rotatable bonds is 1. The Bertz CT molecular complexity index is 665. The number of aromatic nitrogens is 3. The molecule has 3 aromatic rings. The van der Waals surface area contributed by atoms with Crippen LogP contribution in [0.1, 0.15) is 10.5 Å². The van der Waals surface area contributed by atoms with Crippen molar-refractivity contribution in [2.75, 3.05) is 0 Å². The number of fused-ring (bicyclic) bond motifs is 3. The highest BCUT2D eigenvalue weighted by atomic mass is 16.4. The summed E-state index contributed by atoms with van der Waals surface area (Å²) in [6.07, 6.45) is 1.70. The molecule has 3 rings (SSSR count). The summed E-state index contributed by atoms with van der Waals surface area (Å²) in [5.41, 5.74) is 1.68. The molecular formula is C10H7N3O2. The molecule has 74 valence electrons. The molecular weight excluding hydrogens is 194 g/mol. The third-order valence-electron chi connectivity index (χ3n) is 2.46. The van der Waals surface area contributed by atoms with Crippen molar-refractivity contribution in [3.05, 3.63) is 30.1 Å². The molecule has 0 saturated carbocycles. The molecule has 3 N–H and O–H groups in total. The molecule has 0 unspecified atom stereocenters. The number of carboxylic acid groups (broad SMARTS) is 1. The fraction of sp³-hybridized carbons (Fsp3) is 0. The van der Waals surface area contributed by atoms with Crippen molar-refractivity contribution in [1.29, 1.82) is 0 Å². The molecule has 2 heterocycles. The topological polar surface area (TPSA) is 81.8 Å². The van der Waals surface area contributed by atoms with Crippen molar-refractivity contribution in [3.8, 4) is 0 Å². The molecule has 0 aliphatic rings. The van der Waals surface area contributed by atoms with E-state index in [-0.39, 0.29) is 5.69 Å². The predicted octanol–water partition coefficient (Wildman–Crippen LogP) is 1.74. The number of carboxylic acids is 1. The Morgan fingerprint density at radius 3 is 2.93 bits per heavy atom. The van der Waals surface area contributed by atoms with Gasteiger partial charge < -0.3 is 5.11 Å². The van der Waals surface area contributed by atoms with Gasteiger partial charge in [-0.05, 0) is 12.1 Å². The monoisotopic (exact) mass is 201 g/mol. The van der Waals surface area contributed by atoms with Gasteiger partial charge in [0.25, 0.3) is 0 Å². The van der Waals surface area contributed by atoms with Crippen LogP contribution in [-0.2, 0) is 0 Å². The third kappa shape index (κ3) is 0.969. The second-order valence-corrected chi connectivity index (χ2v) is 3.30. The second kappa shape index (κ2) is 2.60. The molecule has 0 radical (unpaired) electrons. The number of carbonyl (C=O) groups is 1. The molecule has 0 spiro atoms. The predicted molar refractivity (Wildman–Crippen MR) is 54.9 cm³/mol. The molecule has 1 aromatic carbocycles. The van der Waals surface area contributed by atoms with Crippen LogP contribution in [-0.4, -0.2) is 26.3 Å². The smallest absolute Gasteiger partial charge is 0.354 e. The van der Waals surface area contributed by atoms with Gasteiger partial charge in [0.2, 0.25) is 0 Å². The van der Waals surface area contributed by atoms with Gasteiger partial charge in [0.15, 0.2) is 0 Å². The molecule has 0 atom stereocenters. The highest BCUT2D eigenvalue weighted by Crippen LogP contribution is 2.24. The van der Waals surface area contributed by atoms with Gasteiger partial charge in [0, 0.05) is 17.0 Å². The first-order valence-electron chi connectivity index (χ1n) is 4.44. The first-order valence-corrected chi connectivity index (χ1v) is 4.44. The minimum Gasteiger partial charge on any atom is -0.477 e. The van der Waals surface area contributed by atoms with Gasteiger partial charge >= 0.3 is 5.97 Å². The van der Waals surface area contributed by atoms with Crippen LogP contribution in [0.5, 0.6) is 0 Å². The van der Waals surface area contributed by atoms with Gasteiger partial charge in [-0.25, -0.2) is 4.79 Å². The largest absolute Gasteiger partial charge is 0.477 e. The summed E-state index contributed by atoms with van der Waals surface area (Å²) in [6, 6.07) is 5.52. The minimum absolute atomic E-state index is 0.162. The Kier molecular flexibility index (Phi) is 1.39. The fourth-order valence-corrected chi connectivity index (χ4v) is 1.77. The highest BCUT2D eigenvalue weighted by molar-refractivity contribution is 6.10. The Morgan fingerprint density at radius 2 is 2.13 bits per heavy atom. The maximum atomic E-state index is 10.9. The first-order chi connectivity index (χ1) is 7.27. The van der Waals surface area contributed by atoms with Gasteiger partial charge in [0.1, 0.15) is 5.69 Å². The Labute approximate surface area is 83.7 Å². The Balaban J connectivity index is 2.51. The standard InChI is InChI=1S/C10H7N3O2/c14-10(15)9-6-2-1-5-3-4-11-7(5)8(6)12-13-9/h1-4,12-13H,(H,14,15). The molecule has 0 aliphatic carbocycles. The van der Waals surface area contributed by atoms with Crippen molar-refractivity contribution in [2.24, 2.45) is 0 Å². The zero-order chi connectivity index (χ0) is 10.4. The Morgan fingerprint density at radius 1 is 1.27 bits per heavy atom. The zero-order valence-corrected chi connectivity index (χ0v) is 7.61. The normalized spacial score (nSPS) is 11.2. The quantitative estimate of drug-likeness (QED) is 0.560. The number of H-pyrrole nitrogens is 2. The van der Waals surface area contributed by atoms with Gasteiger partial charge in [-0.3, -0.25) is 15.2 Å². The van der Waals surface area contributed by atoms with Gasteiger partial charge in [0.05, 0.1) is 11.0 Å². The van der Waals surface area contributed by atoms with Crippen molar-refractivity contribution in [2.45, 2.75) is 0 Å². The van der Waals surface area contributed by atoms with Crippen molar-refractivity contribution < 1.29 is 9.90 Å². The molecule has 0 bridgehead atoms. The fourth-order valence-electron chi connectivity index (χ4n) is 1.77. The number of nitrogens with zero attached hydrogens (tertiary/aromatic N) is 1. The van der Waals surface area contributed by atoms with Gasteiger partial charge in [-0.1, -0.05) is 6.07 Å². The first kappa shape index (κ1) is 8.05. The molecule has 15 heavy (non-hydrogen) atoms. The van der Waals surface area contributed by atoms with Crippen LogP contribution in [0.15, 0.2) is 24.4 Å². The molecule has 2 aromatic heterocycles. The molecule has 0 aliphatic heterocycles. The lowest BCUT2D eigenvalue weighted by Crippen LogP contribution is -1.96. The maximum Gasteiger partial charge on any atom is 0.354 e. The molecule has 0 amide bonds. The summed E-state index contributed by atoms with van der Waals surface area (Å²) in [5.74, 6) is -0.979. The van der Waals surface area contributed by atoms with Gasteiger partial charge in [-0.15, -0.1) is 0 Å². The average molecular weight is 201 g/mol. The summed E-state index contributed by atoms with van der Waals surface area (Å²) in [6.45, 7) is 0. The number of aromatic carboxylic acids is 1. The van der Waals surface area contributed by atoms with Crippen LogP contribution in [0.4, 0.5) is 0 Å². The van der Waals surface area contributed by atoms with E-state index in [1.54, 1.807) is 12.3 Å². The van der Waals surface area contributed by atoms with Crippen molar-refractivity contribution >= 4 is 27.8 Å².